The van der Waals surface area contributed by atoms with Crippen LogP contribution in [0.15, 0.2) is 11.1 Å². The molecule has 0 aromatic carbocycles. The number of aromatic amines is 1. The first-order valence-corrected chi connectivity index (χ1v) is 13.7. The van der Waals surface area contributed by atoms with Gasteiger partial charge in [0.05, 0.1) is 19.0 Å². The van der Waals surface area contributed by atoms with Crippen LogP contribution >= 0.6 is 15.6 Å². The third-order valence-corrected chi connectivity index (χ3v) is 8.29. The predicted molar refractivity (Wildman–Crippen MR) is 119 cm³/mol. The van der Waals surface area contributed by atoms with Crippen LogP contribution in [0.25, 0.3) is 11.2 Å². The van der Waals surface area contributed by atoms with Gasteiger partial charge in [0.2, 0.25) is 5.95 Å². The molecule has 2 aliphatic heterocycles. The maximum Gasteiger partial charge on any atom is 0.486 e. The lowest BCUT2D eigenvalue weighted by molar-refractivity contribution is -0.272. The Balaban J connectivity index is 1.52. The number of ether oxygens (including phenoxy) is 2. The number of nitrogens with zero attached hydrogens (tertiary/aromatic N) is 3. The number of aliphatic hydroxyl groups excluding tert-OH is 5. The zero-order valence-electron chi connectivity index (χ0n) is 19.2. The number of fused-ring (bicyclic) bond motifs is 1. The highest BCUT2D eigenvalue weighted by molar-refractivity contribution is 7.61. The van der Waals surface area contributed by atoms with Crippen molar-refractivity contribution in [3.8, 4) is 0 Å². The molecule has 0 spiro atoms. The number of phosphoric acid groups is 2. The summed E-state index contributed by atoms with van der Waals surface area (Å²) in [6.07, 6.45) is -14.1. The van der Waals surface area contributed by atoms with E-state index in [1.807, 2.05) is 0 Å². The van der Waals surface area contributed by atoms with Gasteiger partial charge in [0.1, 0.15) is 36.6 Å². The molecule has 38 heavy (non-hydrogen) atoms. The zero-order chi connectivity index (χ0) is 28.2. The van der Waals surface area contributed by atoms with Gasteiger partial charge >= 0.3 is 15.6 Å². The van der Waals surface area contributed by atoms with Crippen molar-refractivity contribution in [2.75, 3.05) is 12.3 Å². The normalized spacial score (nSPS) is 35.9. The average molecular weight is 589 g/mol. The van der Waals surface area contributed by atoms with E-state index in [2.05, 4.69) is 19.3 Å². The van der Waals surface area contributed by atoms with Gasteiger partial charge in [0, 0.05) is 0 Å². The molecule has 2 saturated heterocycles. The molecule has 10 atom stereocenters. The first-order chi connectivity index (χ1) is 17.6. The van der Waals surface area contributed by atoms with Gasteiger partial charge in [-0.05, 0) is 6.92 Å². The van der Waals surface area contributed by atoms with E-state index in [0.717, 1.165) is 10.9 Å². The second-order valence-electron chi connectivity index (χ2n) is 8.42. The summed E-state index contributed by atoms with van der Waals surface area (Å²) >= 11 is 0. The Morgan fingerprint density at radius 2 is 1.76 bits per heavy atom. The molecule has 22 heteroatoms. The molecule has 0 saturated carbocycles. The quantitative estimate of drug-likeness (QED) is 0.134. The van der Waals surface area contributed by atoms with Gasteiger partial charge in [-0.1, -0.05) is 0 Å². The molecule has 0 bridgehead atoms. The fourth-order valence-corrected chi connectivity index (χ4v) is 6.03. The summed E-state index contributed by atoms with van der Waals surface area (Å²) in [5, 5.41) is 50.7. The van der Waals surface area contributed by atoms with Crippen molar-refractivity contribution in [2.45, 2.75) is 62.2 Å². The van der Waals surface area contributed by atoms with E-state index in [9.17, 15) is 49.2 Å². The smallest absolute Gasteiger partial charge is 0.388 e. The minimum atomic E-state index is -5.57. The molecule has 0 radical (unpaired) electrons. The highest BCUT2D eigenvalue weighted by atomic mass is 31.3. The topological polar surface area (TPSA) is 311 Å². The van der Waals surface area contributed by atoms with Crippen LogP contribution in [-0.4, -0.2) is 110 Å². The van der Waals surface area contributed by atoms with Crippen LogP contribution in [0.1, 0.15) is 13.2 Å². The number of imidazole rings is 1. The van der Waals surface area contributed by atoms with E-state index in [-0.39, 0.29) is 17.1 Å². The average Bonchev–Trinajstić information content (AvgIpc) is 3.34. The molecule has 2 fully saturated rings. The lowest BCUT2D eigenvalue weighted by atomic mass is 10.0. The van der Waals surface area contributed by atoms with Crippen LogP contribution in [0.5, 0.6) is 0 Å². The first kappa shape index (κ1) is 29.1. The van der Waals surface area contributed by atoms with E-state index < -0.39 is 83.1 Å². The highest BCUT2D eigenvalue weighted by Crippen LogP contribution is 2.62. The first-order valence-electron chi connectivity index (χ1n) is 10.7. The molecule has 2 aromatic rings. The number of hydrogen-bond acceptors (Lipinski definition) is 16. The van der Waals surface area contributed by atoms with Crippen LogP contribution in [0, 0.1) is 0 Å². The fraction of sp³-hybridized carbons (Fsp3) is 0.688. The molecule has 4 rings (SSSR count). The number of aromatic nitrogens is 4. The molecular formula is C16H25N5O15P2. The van der Waals surface area contributed by atoms with E-state index in [4.69, 9.17) is 24.3 Å². The second kappa shape index (κ2) is 10.6. The summed E-state index contributed by atoms with van der Waals surface area (Å²) < 4.78 is 50.1. The van der Waals surface area contributed by atoms with E-state index in [0.29, 0.717) is 0 Å². The standard InChI is InChI=1S/C16H25N5O15P2/c1-4-7(22)9(24)11(26)15(33-4)35-38(31,36-37(28,29)30)32-2-5-8(23)10(25)14(34-5)21-3-18-6-12(21)19-16(17)20-13(6)27/h3-5,7-11,14-15,22-26H,2H2,1H3,(H2,28,29,30)(H3,17,19,20,27)/t4-,5+,7+,8+,9+,10+,11-,14+,15+,38?/m0/s1. The Hall–Kier alpha value is -1.87. The van der Waals surface area contributed by atoms with Gasteiger partial charge in [-0.15, -0.1) is 0 Å². The van der Waals surface area contributed by atoms with Crippen molar-refractivity contribution in [3.63, 3.8) is 0 Å². The number of aliphatic hydroxyl groups is 5. The summed E-state index contributed by atoms with van der Waals surface area (Å²) in [7, 11) is -10.9. The number of nitrogens with two attached hydrogens (primary N) is 1. The number of phosphoric ester groups is 1. The van der Waals surface area contributed by atoms with Gasteiger partial charge in [0.15, 0.2) is 23.7 Å². The lowest BCUT2D eigenvalue weighted by Gasteiger charge is -2.39. The van der Waals surface area contributed by atoms with Crippen molar-refractivity contribution < 1.29 is 67.3 Å². The number of nitrogen functional groups attached to an aromatic ring is 1. The Morgan fingerprint density at radius 3 is 2.42 bits per heavy atom. The molecule has 0 amide bonds. The summed E-state index contributed by atoms with van der Waals surface area (Å²) in [4.78, 5) is 40.4. The number of H-pyrrole nitrogens is 1. The largest absolute Gasteiger partial charge is 0.486 e. The maximum absolute atomic E-state index is 13.1. The van der Waals surface area contributed by atoms with Gasteiger partial charge in [-0.3, -0.25) is 23.4 Å². The highest BCUT2D eigenvalue weighted by Gasteiger charge is 2.50. The van der Waals surface area contributed by atoms with Crippen molar-refractivity contribution in [1.82, 2.24) is 19.5 Å². The molecule has 20 nitrogen and oxygen atoms in total. The van der Waals surface area contributed by atoms with Crippen molar-refractivity contribution in [3.05, 3.63) is 16.7 Å². The van der Waals surface area contributed by atoms with Crippen LogP contribution in [0.2, 0.25) is 0 Å². The van der Waals surface area contributed by atoms with Crippen LogP contribution in [0.3, 0.4) is 0 Å². The van der Waals surface area contributed by atoms with E-state index >= 15 is 0 Å². The van der Waals surface area contributed by atoms with E-state index in [1.165, 1.54) is 6.92 Å². The Morgan fingerprint density at radius 1 is 1.08 bits per heavy atom. The minimum absolute atomic E-state index is 0.110. The third kappa shape index (κ3) is 5.83. The van der Waals surface area contributed by atoms with Gasteiger partial charge in [-0.25, -0.2) is 14.1 Å². The van der Waals surface area contributed by atoms with Crippen LogP contribution < -0.4 is 11.3 Å². The van der Waals surface area contributed by atoms with E-state index in [1.54, 1.807) is 0 Å². The van der Waals surface area contributed by atoms with Crippen molar-refractivity contribution in [2.24, 2.45) is 0 Å². The molecule has 4 heterocycles. The molecule has 214 valence electrons. The summed E-state index contributed by atoms with van der Waals surface area (Å²) in [5.74, 6) is -0.274. The fourth-order valence-electron chi connectivity index (χ4n) is 3.82. The Kier molecular flexibility index (Phi) is 8.12. The Bertz CT molecular complexity index is 1320. The van der Waals surface area contributed by atoms with Crippen LogP contribution in [-0.2, 0) is 32.0 Å². The number of rotatable bonds is 8. The third-order valence-electron chi connectivity index (χ3n) is 5.71. The number of nitrogens with one attached hydrogen (secondary N) is 1. The number of hydrogen-bond donors (Lipinski definition) is 9. The lowest BCUT2D eigenvalue weighted by Crippen LogP contribution is -2.57. The summed E-state index contributed by atoms with van der Waals surface area (Å²) in [5.41, 5.74) is 4.58. The molecule has 1 unspecified atom stereocenters. The van der Waals surface area contributed by atoms with Gasteiger partial charge < -0.3 is 50.5 Å². The predicted octanol–water partition coefficient (Wildman–Crippen LogP) is -3.60. The zero-order valence-corrected chi connectivity index (χ0v) is 21.0. The Labute approximate surface area is 211 Å². The molecule has 10 N–H and O–H groups in total. The molecule has 2 aliphatic rings. The number of anilines is 1. The molecule has 0 aliphatic carbocycles. The van der Waals surface area contributed by atoms with Gasteiger partial charge in [0.25, 0.3) is 5.56 Å². The van der Waals surface area contributed by atoms with Crippen molar-refractivity contribution in [1.29, 1.82) is 0 Å². The molecule has 2 aromatic heterocycles. The monoisotopic (exact) mass is 589 g/mol. The second-order valence-corrected chi connectivity index (χ2v) is 11.4. The van der Waals surface area contributed by atoms with Crippen molar-refractivity contribution >= 4 is 32.8 Å². The summed E-state index contributed by atoms with van der Waals surface area (Å²) in [6.45, 7) is 0.282. The maximum atomic E-state index is 13.1. The SMILES string of the molecule is C[C@@H]1O[C@H](OP(=O)(OC[C@H]2O[C@@H](n3cnc4c(=O)[nH]c(N)nc43)[C@H](O)[C@@H]2O)OP(=O)(O)O)[C@@H](O)[C@H](O)[C@@H]1O. The molecular weight excluding hydrogens is 564 g/mol. The minimum Gasteiger partial charge on any atom is -0.388 e. The summed E-state index contributed by atoms with van der Waals surface area (Å²) in [6, 6.07) is 0. The van der Waals surface area contributed by atoms with Gasteiger partial charge in [-0.2, -0.15) is 9.29 Å². The van der Waals surface area contributed by atoms with Crippen LogP contribution in [0.4, 0.5) is 5.95 Å².